The summed E-state index contributed by atoms with van der Waals surface area (Å²) in [6.07, 6.45) is 5.49. The summed E-state index contributed by atoms with van der Waals surface area (Å²) >= 11 is 0. The molecule has 4 aromatic carbocycles. The van der Waals surface area contributed by atoms with E-state index < -0.39 is 0 Å². The molecule has 0 aliphatic carbocycles. The number of nitrogens with zero attached hydrogens (tertiary/aromatic N) is 1. The maximum absolute atomic E-state index is 12.5. The van der Waals surface area contributed by atoms with Gasteiger partial charge < -0.3 is 14.2 Å². The van der Waals surface area contributed by atoms with Gasteiger partial charge in [-0.1, -0.05) is 79.6 Å². The molecule has 4 aromatic rings. The Kier molecular flexibility index (Phi) is 10.7. The number of ether oxygens (including phenoxy) is 3. The molecule has 0 aromatic heterocycles. The molecule has 0 N–H and O–H groups in total. The highest BCUT2D eigenvalue weighted by Gasteiger charge is 2.14. The first kappa shape index (κ1) is 30.1. The Hall–Kier alpha value is -4.35. The van der Waals surface area contributed by atoms with E-state index in [2.05, 4.69) is 48.2 Å². The van der Waals surface area contributed by atoms with Crippen LogP contribution >= 0.6 is 0 Å². The number of carbonyl (C=O) groups excluding carboxylic acids is 1. The normalized spacial score (nSPS) is 14.4. The molecule has 0 spiro atoms. The standard InChI is InChI=1S/C38H41NO4/c1-29(31-12-18-34(41-2)19-13-31)38(32-14-20-35(21-15-32)42-27-26-39-24-8-3-4-9-25-39)33-16-22-36(23-17-33)43-37(40)28-30-10-6-5-7-11-30/h5-7,10-23H,3-4,8-9,24-28H2,1-2H3/b38-29+. The van der Waals surface area contributed by atoms with Gasteiger partial charge in [-0.25, -0.2) is 0 Å². The number of likely N-dealkylation sites (tertiary alicyclic amines) is 1. The lowest BCUT2D eigenvalue weighted by molar-refractivity contribution is -0.133. The molecular formula is C38H41NO4. The van der Waals surface area contributed by atoms with Gasteiger partial charge in [0.1, 0.15) is 23.9 Å². The Morgan fingerprint density at radius 3 is 1.84 bits per heavy atom. The second kappa shape index (κ2) is 15.2. The second-order valence-corrected chi connectivity index (χ2v) is 11.0. The van der Waals surface area contributed by atoms with Gasteiger partial charge in [0.25, 0.3) is 0 Å². The summed E-state index contributed by atoms with van der Waals surface area (Å²) in [4.78, 5) is 15.0. The van der Waals surface area contributed by atoms with Crippen LogP contribution in [0.25, 0.3) is 11.1 Å². The Labute approximate surface area is 255 Å². The monoisotopic (exact) mass is 575 g/mol. The summed E-state index contributed by atoms with van der Waals surface area (Å²) in [6, 6.07) is 33.8. The Balaban J connectivity index is 1.33. The molecule has 0 unspecified atom stereocenters. The smallest absolute Gasteiger partial charge is 0.315 e. The third-order valence-corrected chi connectivity index (χ3v) is 7.98. The average Bonchev–Trinajstić information content (AvgIpc) is 3.32. The Morgan fingerprint density at radius 2 is 1.23 bits per heavy atom. The van der Waals surface area contributed by atoms with Crippen molar-refractivity contribution in [1.82, 2.24) is 4.90 Å². The van der Waals surface area contributed by atoms with Crippen molar-refractivity contribution in [3.63, 3.8) is 0 Å². The lowest BCUT2D eigenvalue weighted by Crippen LogP contribution is -2.29. The average molecular weight is 576 g/mol. The molecular weight excluding hydrogens is 534 g/mol. The van der Waals surface area contributed by atoms with Gasteiger partial charge in [0.05, 0.1) is 13.5 Å². The van der Waals surface area contributed by atoms with Crippen LogP contribution < -0.4 is 14.2 Å². The molecule has 1 aliphatic rings. The summed E-state index contributed by atoms with van der Waals surface area (Å²) in [5.74, 6) is 1.94. The number of allylic oxidation sites excluding steroid dienone is 1. The molecule has 1 saturated heterocycles. The van der Waals surface area contributed by atoms with E-state index in [1.165, 1.54) is 38.8 Å². The fraction of sp³-hybridized carbons (Fsp3) is 0.289. The van der Waals surface area contributed by atoms with Crippen molar-refractivity contribution in [3.8, 4) is 17.2 Å². The van der Waals surface area contributed by atoms with Gasteiger partial charge >= 0.3 is 5.97 Å². The number of hydrogen-bond donors (Lipinski definition) is 0. The zero-order valence-electron chi connectivity index (χ0n) is 25.3. The molecule has 43 heavy (non-hydrogen) atoms. The third-order valence-electron chi connectivity index (χ3n) is 7.98. The van der Waals surface area contributed by atoms with Crippen LogP contribution in [0.3, 0.4) is 0 Å². The van der Waals surface area contributed by atoms with Gasteiger partial charge in [-0.3, -0.25) is 9.69 Å². The molecule has 0 saturated carbocycles. The van der Waals surface area contributed by atoms with Crippen LogP contribution in [0.2, 0.25) is 0 Å². The van der Waals surface area contributed by atoms with Crippen LogP contribution in [0.15, 0.2) is 103 Å². The molecule has 5 rings (SSSR count). The van der Waals surface area contributed by atoms with Crippen LogP contribution in [0, 0.1) is 0 Å². The number of esters is 1. The van der Waals surface area contributed by atoms with E-state index in [0.717, 1.165) is 51.4 Å². The Morgan fingerprint density at radius 1 is 0.674 bits per heavy atom. The number of methoxy groups -OCH3 is 1. The highest BCUT2D eigenvalue weighted by molar-refractivity contribution is 5.98. The first-order chi connectivity index (χ1) is 21.1. The molecule has 1 heterocycles. The summed E-state index contributed by atoms with van der Waals surface area (Å²) in [7, 11) is 1.68. The zero-order chi connectivity index (χ0) is 29.9. The van der Waals surface area contributed by atoms with Gasteiger partial charge in [0.15, 0.2) is 0 Å². The van der Waals surface area contributed by atoms with Gasteiger partial charge in [-0.05, 0) is 103 Å². The second-order valence-electron chi connectivity index (χ2n) is 11.0. The third kappa shape index (κ3) is 8.59. The van der Waals surface area contributed by atoms with Crippen LogP contribution in [-0.4, -0.2) is 44.2 Å². The van der Waals surface area contributed by atoms with E-state index in [4.69, 9.17) is 14.2 Å². The van der Waals surface area contributed by atoms with E-state index >= 15 is 0 Å². The first-order valence-electron chi connectivity index (χ1n) is 15.2. The number of rotatable bonds is 11. The van der Waals surface area contributed by atoms with Crippen molar-refractivity contribution < 1.29 is 19.0 Å². The maximum Gasteiger partial charge on any atom is 0.315 e. The maximum atomic E-state index is 12.5. The number of benzene rings is 4. The zero-order valence-corrected chi connectivity index (χ0v) is 25.3. The predicted molar refractivity (Wildman–Crippen MR) is 174 cm³/mol. The topological polar surface area (TPSA) is 48.0 Å². The number of hydrogen-bond acceptors (Lipinski definition) is 5. The molecule has 222 valence electrons. The predicted octanol–water partition coefficient (Wildman–Crippen LogP) is 8.08. The molecule has 1 fully saturated rings. The molecule has 5 heteroatoms. The van der Waals surface area contributed by atoms with Crippen LogP contribution in [0.5, 0.6) is 17.2 Å². The van der Waals surface area contributed by atoms with Gasteiger partial charge in [0, 0.05) is 6.54 Å². The summed E-state index contributed by atoms with van der Waals surface area (Å²) in [6.45, 7) is 6.14. The molecule has 0 atom stereocenters. The number of carbonyl (C=O) groups is 1. The van der Waals surface area contributed by atoms with Crippen LogP contribution in [-0.2, 0) is 11.2 Å². The van der Waals surface area contributed by atoms with Crippen molar-refractivity contribution in [3.05, 3.63) is 125 Å². The SMILES string of the molecule is COc1ccc(/C(C)=C(\c2ccc(OCCN3CCCCCC3)cc2)c2ccc(OC(=O)Cc3ccccc3)cc2)cc1. The van der Waals surface area contributed by atoms with Gasteiger partial charge in [-0.15, -0.1) is 0 Å². The van der Waals surface area contributed by atoms with Crippen molar-refractivity contribution >= 4 is 17.1 Å². The molecule has 5 nitrogen and oxygen atoms in total. The minimum atomic E-state index is -0.282. The Bertz CT molecular complexity index is 1470. The van der Waals surface area contributed by atoms with Gasteiger partial charge in [-0.2, -0.15) is 0 Å². The van der Waals surface area contributed by atoms with E-state index in [1.54, 1.807) is 7.11 Å². The quantitative estimate of drug-likeness (QED) is 0.103. The largest absolute Gasteiger partial charge is 0.497 e. The highest BCUT2D eigenvalue weighted by atomic mass is 16.5. The highest BCUT2D eigenvalue weighted by Crippen LogP contribution is 2.34. The van der Waals surface area contributed by atoms with Gasteiger partial charge in [0.2, 0.25) is 0 Å². The van der Waals surface area contributed by atoms with Crippen molar-refractivity contribution in [1.29, 1.82) is 0 Å². The van der Waals surface area contributed by atoms with Crippen LogP contribution in [0.4, 0.5) is 0 Å². The van der Waals surface area contributed by atoms with Crippen LogP contribution in [0.1, 0.15) is 54.9 Å². The lowest BCUT2D eigenvalue weighted by Gasteiger charge is -2.20. The van der Waals surface area contributed by atoms with Crippen molar-refractivity contribution in [2.24, 2.45) is 0 Å². The summed E-state index contributed by atoms with van der Waals surface area (Å²) < 4.78 is 17.2. The minimum Gasteiger partial charge on any atom is -0.497 e. The lowest BCUT2D eigenvalue weighted by atomic mass is 9.90. The minimum absolute atomic E-state index is 0.233. The van der Waals surface area contributed by atoms with E-state index in [-0.39, 0.29) is 12.4 Å². The van der Waals surface area contributed by atoms with E-state index in [0.29, 0.717) is 12.4 Å². The van der Waals surface area contributed by atoms with Crippen molar-refractivity contribution in [2.75, 3.05) is 33.4 Å². The first-order valence-corrected chi connectivity index (χ1v) is 15.2. The molecule has 0 radical (unpaired) electrons. The summed E-state index contributed by atoms with van der Waals surface area (Å²) in [5, 5.41) is 0. The molecule has 1 aliphatic heterocycles. The van der Waals surface area contributed by atoms with E-state index in [9.17, 15) is 4.79 Å². The summed E-state index contributed by atoms with van der Waals surface area (Å²) in [5.41, 5.74) is 6.38. The fourth-order valence-electron chi connectivity index (χ4n) is 5.57. The molecule has 0 bridgehead atoms. The molecule has 0 amide bonds. The fourth-order valence-corrected chi connectivity index (χ4v) is 5.57. The van der Waals surface area contributed by atoms with Crippen molar-refractivity contribution in [2.45, 2.75) is 39.0 Å². The van der Waals surface area contributed by atoms with E-state index in [1.807, 2.05) is 66.7 Å².